The second-order valence-electron chi connectivity index (χ2n) is 4.18. The fourth-order valence-corrected chi connectivity index (χ4v) is 1.80. The molecule has 1 fully saturated rings. The molecule has 1 aliphatic rings. The van der Waals surface area contributed by atoms with Gasteiger partial charge in [0.25, 0.3) is 0 Å². The highest BCUT2D eigenvalue weighted by molar-refractivity contribution is 5.84. The third kappa shape index (κ3) is 5.00. The van der Waals surface area contributed by atoms with Crippen molar-refractivity contribution >= 4 is 11.9 Å². The molecule has 0 aromatic heterocycles. The van der Waals surface area contributed by atoms with E-state index in [-0.39, 0.29) is 12.5 Å². The van der Waals surface area contributed by atoms with Gasteiger partial charge in [-0.05, 0) is 19.3 Å². The van der Waals surface area contributed by atoms with Gasteiger partial charge >= 0.3 is 0 Å². The van der Waals surface area contributed by atoms with Gasteiger partial charge in [-0.2, -0.15) is 0 Å². The molecule has 0 radical (unpaired) electrons. The first-order valence-corrected chi connectivity index (χ1v) is 6.05. The summed E-state index contributed by atoms with van der Waals surface area (Å²) in [4.78, 5) is 15.3. The smallest absolute Gasteiger partial charge is 0.241 e. The largest absolute Gasteiger partial charge is 0.370 e. The minimum atomic E-state index is -0.0713. The van der Waals surface area contributed by atoms with Gasteiger partial charge in [0.1, 0.15) is 6.54 Å². The van der Waals surface area contributed by atoms with E-state index in [4.69, 9.17) is 5.73 Å². The van der Waals surface area contributed by atoms with Crippen LogP contribution >= 0.6 is 0 Å². The van der Waals surface area contributed by atoms with Gasteiger partial charge in [0, 0.05) is 12.6 Å². The molecule has 5 nitrogen and oxygen atoms in total. The molecule has 92 valence electrons. The first kappa shape index (κ1) is 12.8. The lowest BCUT2D eigenvalue weighted by atomic mass is 10.2. The van der Waals surface area contributed by atoms with Gasteiger partial charge in [0.05, 0.1) is 0 Å². The van der Waals surface area contributed by atoms with E-state index in [2.05, 4.69) is 15.6 Å². The van der Waals surface area contributed by atoms with E-state index in [9.17, 15) is 4.79 Å². The summed E-state index contributed by atoms with van der Waals surface area (Å²) in [5.74, 6) is 0.316. The molecule has 16 heavy (non-hydrogen) atoms. The maximum atomic E-state index is 11.2. The maximum Gasteiger partial charge on any atom is 0.241 e. The Morgan fingerprint density at radius 1 is 1.44 bits per heavy atom. The number of nitrogens with two attached hydrogens (primary N) is 1. The van der Waals surface area contributed by atoms with E-state index < -0.39 is 0 Å². The molecule has 0 aromatic carbocycles. The number of carbonyl (C=O) groups excluding carboxylic acids is 1. The zero-order valence-electron chi connectivity index (χ0n) is 9.96. The summed E-state index contributed by atoms with van der Waals surface area (Å²) >= 11 is 0. The second-order valence-corrected chi connectivity index (χ2v) is 4.18. The highest BCUT2D eigenvalue weighted by Gasteiger charge is 2.14. The highest BCUT2D eigenvalue weighted by atomic mass is 16.1. The predicted molar refractivity (Wildman–Crippen MR) is 65.2 cm³/mol. The molecule has 1 aliphatic carbocycles. The van der Waals surface area contributed by atoms with Crippen molar-refractivity contribution in [3.05, 3.63) is 0 Å². The molecule has 4 N–H and O–H groups in total. The van der Waals surface area contributed by atoms with Crippen LogP contribution in [0.15, 0.2) is 4.99 Å². The molecule has 0 unspecified atom stereocenters. The van der Waals surface area contributed by atoms with E-state index in [0.717, 1.165) is 19.3 Å². The molecule has 0 bridgehead atoms. The molecule has 1 rings (SSSR count). The van der Waals surface area contributed by atoms with Crippen molar-refractivity contribution in [3.63, 3.8) is 0 Å². The number of nitrogens with one attached hydrogen (secondary N) is 2. The van der Waals surface area contributed by atoms with Crippen LogP contribution in [0.25, 0.3) is 0 Å². The SMILES string of the molecule is CCCNC(=O)CN=C(N)NC1CCCC1. The Kier molecular flexibility index (Phi) is 5.67. The molecule has 0 aliphatic heterocycles. The lowest BCUT2D eigenvalue weighted by Crippen LogP contribution is -2.39. The first-order chi connectivity index (χ1) is 7.72. The van der Waals surface area contributed by atoms with E-state index >= 15 is 0 Å². The molecule has 0 saturated heterocycles. The van der Waals surface area contributed by atoms with Gasteiger partial charge in [-0.25, -0.2) is 4.99 Å². The van der Waals surface area contributed by atoms with Crippen LogP contribution in [0.2, 0.25) is 0 Å². The Morgan fingerprint density at radius 3 is 2.75 bits per heavy atom. The van der Waals surface area contributed by atoms with Gasteiger partial charge in [-0.3, -0.25) is 4.79 Å². The van der Waals surface area contributed by atoms with E-state index in [1.165, 1.54) is 12.8 Å². The number of rotatable bonds is 5. The Morgan fingerprint density at radius 2 is 2.12 bits per heavy atom. The second kappa shape index (κ2) is 7.09. The van der Waals surface area contributed by atoms with Crippen molar-refractivity contribution in [2.24, 2.45) is 10.7 Å². The number of hydrogen-bond donors (Lipinski definition) is 3. The third-order valence-corrected chi connectivity index (χ3v) is 2.67. The molecule has 0 atom stereocenters. The number of hydrogen-bond acceptors (Lipinski definition) is 2. The molecule has 0 aromatic rings. The summed E-state index contributed by atoms with van der Waals surface area (Å²) in [5.41, 5.74) is 5.69. The van der Waals surface area contributed by atoms with Gasteiger partial charge in [0.2, 0.25) is 5.91 Å². The summed E-state index contributed by atoms with van der Waals surface area (Å²) in [6, 6.07) is 0.447. The van der Waals surface area contributed by atoms with Crippen molar-refractivity contribution in [3.8, 4) is 0 Å². The van der Waals surface area contributed by atoms with Gasteiger partial charge in [0.15, 0.2) is 5.96 Å². The normalized spacial score (nSPS) is 17.4. The topological polar surface area (TPSA) is 79.5 Å². The van der Waals surface area contributed by atoms with Gasteiger partial charge < -0.3 is 16.4 Å². The zero-order chi connectivity index (χ0) is 11.8. The maximum absolute atomic E-state index is 11.2. The number of carbonyl (C=O) groups is 1. The summed E-state index contributed by atoms with van der Waals surface area (Å²) in [6.07, 6.45) is 5.74. The lowest BCUT2D eigenvalue weighted by molar-refractivity contribution is -0.119. The summed E-state index contributed by atoms with van der Waals surface area (Å²) < 4.78 is 0. The van der Waals surface area contributed by atoms with Crippen LogP contribution in [-0.4, -0.2) is 31.0 Å². The van der Waals surface area contributed by atoms with Crippen molar-refractivity contribution in [1.82, 2.24) is 10.6 Å². The number of aliphatic imine (C=N–C) groups is 1. The van der Waals surface area contributed by atoms with Gasteiger partial charge in [-0.15, -0.1) is 0 Å². The van der Waals surface area contributed by atoms with E-state index in [1.54, 1.807) is 0 Å². The average Bonchev–Trinajstić information content (AvgIpc) is 2.76. The monoisotopic (exact) mass is 226 g/mol. The highest BCUT2D eigenvalue weighted by Crippen LogP contribution is 2.17. The molecule has 1 saturated carbocycles. The Labute approximate surface area is 96.9 Å². The summed E-state index contributed by atoms with van der Waals surface area (Å²) in [6.45, 7) is 2.83. The Balaban J connectivity index is 2.19. The number of amides is 1. The minimum absolute atomic E-state index is 0.0713. The molecular weight excluding hydrogens is 204 g/mol. The summed E-state index contributed by atoms with van der Waals surface area (Å²) in [5, 5.41) is 5.89. The van der Waals surface area contributed by atoms with Crippen LogP contribution in [0, 0.1) is 0 Å². The Bertz CT molecular complexity index is 246. The quantitative estimate of drug-likeness (QED) is 0.468. The predicted octanol–water partition coefficient (Wildman–Crippen LogP) is 0.360. The molecule has 0 heterocycles. The minimum Gasteiger partial charge on any atom is -0.370 e. The fraction of sp³-hybridized carbons (Fsp3) is 0.818. The number of guanidine groups is 1. The van der Waals surface area contributed by atoms with Crippen LogP contribution in [0.4, 0.5) is 0 Å². The molecule has 5 heteroatoms. The van der Waals surface area contributed by atoms with Crippen molar-refractivity contribution in [2.45, 2.75) is 45.1 Å². The zero-order valence-corrected chi connectivity index (χ0v) is 9.96. The number of nitrogens with zero attached hydrogens (tertiary/aromatic N) is 1. The van der Waals surface area contributed by atoms with Crippen LogP contribution in [-0.2, 0) is 4.79 Å². The molecule has 1 amide bonds. The first-order valence-electron chi connectivity index (χ1n) is 6.05. The van der Waals surface area contributed by atoms with E-state index in [1.807, 2.05) is 6.92 Å². The molecular formula is C11H22N4O. The van der Waals surface area contributed by atoms with Crippen LogP contribution in [0.5, 0.6) is 0 Å². The van der Waals surface area contributed by atoms with Crippen molar-refractivity contribution in [1.29, 1.82) is 0 Å². The van der Waals surface area contributed by atoms with Crippen LogP contribution < -0.4 is 16.4 Å². The van der Waals surface area contributed by atoms with Gasteiger partial charge in [-0.1, -0.05) is 19.8 Å². The van der Waals surface area contributed by atoms with Crippen molar-refractivity contribution < 1.29 is 4.79 Å². The Hall–Kier alpha value is -1.26. The standard InChI is InChI=1S/C11H22N4O/c1-2-7-13-10(16)8-14-11(12)15-9-5-3-4-6-9/h9H,2-8H2,1H3,(H,13,16)(H3,12,14,15). The summed E-state index contributed by atoms with van der Waals surface area (Å²) in [7, 11) is 0. The lowest BCUT2D eigenvalue weighted by Gasteiger charge is -2.12. The fourth-order valence-electron chi connectivity index (χ4n) is 1.80. The average molecular weight is 226 g/mol. The van der Waals surface area contributed by atoms with Crippen molar-refractivity contribution in [2.75, 3.05) is 13.1 Å². The van der Waals surface area contributed by atoms with Crippen LogP contribution in [0.1, 0.15) is 39.0 Å². The van der Waals surface area contributed by atoms with Crippen LogP contribution in [0.3, 0.4) is 0 Å². The molecule has 0 spiro atoms. The third-order valence-electron chi connectivity index (χ3n) is 2.67. The van der Waals surface area contributed by atoms with E-state index in [0.29, 0.717) is 18.5 Å².